The van der Waals surface area contributed by atoms with Crippen molar-refractivity contribution in [1.82, 2.24) is 4.98 Å². The van der Waals surface area contributed by atoms with Crippen molar-refractivity contribution in [2.45, 2.75) is 13.3 Å². The first-order valence-corrected chi connectivity index (χ1v) is 5.52. The highest BCUT2D eigenvalue weighted by Gasteiger charge is 2.10. The highest BCUT2D eigenvalue weighted by molar-refractivity contribution is 5.63. The van der Waals surface area contributed by atoms with Crippen molar-refractivity contribution in [2.75, 3.05) is 37.4 Å². The van der Waals surface area contributed by atoms with Crippen LogP contribution < -0.4 is 10.6 Å². The molecule has 1 heterocycles. The number of nitriles is 1. The largest absolute Gasteiger partial charge is 0.396 e. The zero-order valence-electron chi connectivity index (χ0n) is 10.3. The van der Waals surface area contributed by atoms with Gasteiger partial charge in [0, 0.05) is 26.4 Å². The molecular formula is C12H18N4O. The number of ether oxygens (including phenoxy) is 1. The Kier molecular flexibility index (Phi) is 5.24. The molecule has 0 aliphatic heterocycles. The molecule has 1 aromatic rings. The fourth-order valence-corrected chi connectivity index (χ4v) is 1.56. The van der Waals surface area contributed by atoms with E-state index in [1.54, 1.807) is 13.3 Å². The van der Waals surface area contributed by atoms with Gasteiger partial charge < -0.3 is 15.4 Å². The molecule has 2 N–H and O–H groups in total. The summed E-state index contributed by atoms with van der Waals surface area (Å²) in [6.07, 6.45) is 2.22. The third kappa shape index (κ3) is 3.93. The van der Waals surface area contributed by atoms with E-state index in [0.717, 1.165) is 11.4 Å². The fourth-order valence-electron chi connectivity index (χ4n) is 1.56. The average Bonchev–Trinajstić information content (AvgIpc) is 2.30. The molecule has 17 heavy (non-hydrogen) atoms. The van der Waals surface area contributed by atoms with Crippen LogP contribution in [0.4, 0.5) is 11.5 Å². The Morgan fingerprint density at radius 1 is 1.53 bits per heavy atom. The molecule has 0 bridgehead atoms. The average molecular weight is 234 g/mol. The monoisotopic (exact) mass is 234 g/mol. The molecule has 0 amide bonds. The summed E-state index contributed by atoms with van der Waals surface area (Å²) in [6.45, 7) is 3.82. The second kappa shape index (κ2) is 6.71. The summed E-state index contributed by atoms with van der Waals surface area (Å²) in [5.74, 6) is 0.725. The maximum absolute atomic E-state index is 8.64. The molecule has 0 aromatic carbocycles. The number of hydrogen-bond donors (Lipinski definition) is 1. The number of rotatable bonds is 6. The van der Waals surface area contributed by atoms with Crippen LogP contribution in [0.15, 0.2) is 12.3 Å². The second-order valence-corrected chi connectivity index (χ2v) is 3.81. The summed E-state index contributed by atoms with van der Waals surface area (Å²) in [7, 11) is 1.65. The molecule has 0 fully saturated rings. The Balaban J connectivity index is 2.83. The number of nitrogens with two attached hydrogens (primary N) is 1. The van der Waals surface area contributed by atoms with Gasteiger partial charge in [-0.15, -0.1) is 0 Å². The standard InChI is InChI=1S/C12H18N4O/c1-10-8-11(14)12(15-9-10)16(5-3-4-13)6-7-17-2/h8-9H,3,5-7,14H2,1-2H3. The Bertz CT molecular complexity index is 400. The van der Waals surface area contributed by atoms with Gasteiger partial charge in [0.2, 0.25) is 0 Å². The van der Waals surface area contributed by atoms with Crippen LogP contribution in [0.2, 0.25) is 0 Å². The number of anilines is 2. The predicted octanol–water partition coefficient (Wildman–Crippen LogP) is 1.34. The maximum Gasteiger partial charge on any atom is 0.151 e. The van der Waals surface area contributed by atoms with Crippen molar-refractivity contribution in [3.8, 4) is 6.07 Å². The lowest BCUT2D eigenvalue weighted by Gasteiger charge is -2.23. The summed E-state index contributed by atoms with van der Waals surface area (Å²) in [5, 5.41) is 8.64. The molecular weight excluding hydrogens is 216 g/mol. The fraction of sp³-hybridized carbons (Fsp3) is 0.500. The van der Waals surface area contributed by atoms with Crippen molar-refractivity contribution in [3.63, 3.8) is 0 Å². The van der Waals surface area contributed by atoms with Crippen LogP contribution in [0.3, 0.4) is 0 Å². The quantitative estimate of drug-likeness (QED) is 0.803. The lowest BCUT2D eigenvalue weighted by atomic mass is 10.2. The molecule has 92 valence electrons. The van der Waals surface area contributed by atoms with Gasteiger partial charge in [-0.3, -0.25) is 0 Å². The zero-order chi connectivity index (χ0) is 12.7. The van der Waals surface area contributed by atoms with Crippen molar-refractivity contribution >= 4 is 11.5 Å². The molecule has 1 rings (SSSR count). The summed E-state index contributed by atoms with van der Waals surface area (Å²) >= 11 is 0. The predicted molar refractivity (Wildman–Crippen MR) is 67.7 cm³/mol. The summed E-state index contributed by atoms with van der Waals surface area (Å²) < 4.78 is 5.04. The van der Waals surface area contributed by atoms with E-state index in [2.05, 4.69) is 11.1 Å². The minimum absolute atomic E-state index is 0.443. The molecule has 0 aliphatic rings. The number of aryl methyl sites for hydroxylation is 1. The van der Waals surface area contributed by atoms with Gasteiger partial charge in [-0.1, -0.05) is 0 Å². The van der Waals surface area contributed by atoms with E-state index in [1.807, 2.05) is 17.9 Å². The van der Waals surface area contributed by atoms with E-state index in [1.165, 1.54) is 0 Å². The van der Waals surface area contributed by atoms with Gasteiger partial charge in [0.05, 0.1) is 24.8 Å². The van der Waals surface area contributed by atoms with E-state index in [0.29, 0.717) is 31.8 Å². The maximum atomic E-state index is 8.64. The number of aromatic nitrogens is 1. The molecule has 0 saturated carbocycles. The van der Waals surface area contributed by atoms with Gasteiger partial charge in [-0.05, 0) is 18.6 Å². The first kappa shape index (κ1) is 13.3. The Morgan fingerprint density at radius 2 is 2.29 bits per heavy atom. The van der Waals surface area contributed by atoms with Gasteiger partial charge in [0.15, 0.2) is 5.82 Å². The van der Waals surface area contributed by atoms with Crippen LogP contribution >= 0.6 is 0 Å². The third-order valence-electron chi connectivity index (χ3n) is 2.39. The van der Waals surface area contributed by atoms with Gasteiger partial charge in [-0.25, -0.2) is 4.98 Å². The first-order chi connectivity index (χ1) is 8.19. The normalized spacial score (nSPS) is 9.94. The third-order valence-corrected chi connectivity index (χ3v) is 2.39. The summed E-state index contributed by atoms with van der Waals surface area (Å²) in [6, 6.07) is 4.01. The van der Waals surface area contributed by atoms with E-state index in [9.17, 15) is 0 Å². The molecule has 1 aromatic heterocycles. The number of pyridine rings is 1. The first-order valence-electron chi connectivity index (χ1n) is 5.52. The highest BCUT2D eigenvalue weighted by Crippen LogP contribution is 2.20. The Hall–Kier alpha value is -1.80. The highest BCUT2D eigenvalue weighted by atomic mass is 16.5. The zero-order valence-corrected chi connectivity index (χ0v) is 10.3. The van der Waals surface area contributed by atoms with Gasteiger partial charge in [0.1, 0.15) is 0 Å². The lowest BCUT2D eigenvalue weighted by molar-refractivity contribution is 0.205. The minimum Gasteiger partial charge on any atom is -0.396 e. The molecule has 5 heteroatoms. The Morgan fingerprint density at radius 3 is 2.88 bits per heavy atom. The lowest BCUT2D eigenvalue weighted by Crippen LogP contribution is -2.29. The minimum atomic E-state index is 0.443. The van der Waals surface area contributed by atoms with E-state index in [-0.39, 0.29) is 0 Å². The number of hydrogen-bond acceptors (Lipinski definition) is 5. The molecule has 0 spiro atoms. The van der Waals surface area contributed by atoms with Gasteiger partial charge in [-0.2, -0.15) is 5.26 Å². The van der Waals surface area contributed by atoms with Crippen molar-refractivity contribution in [3.05, 3.63) is 17.8 Å². The number of methoxy groups -OCH3 is 1. The second-order valence-electron chi connectivity index (χ2n) is 3.81. The number of nitrogens with zero attached hydrogens (tertiary/aromatic N) is 3. The van der Waals surface area contributed by atoms with E-state index < -0.39 is 0 Å². The van der Waals surface area contributed by atoms with Gasteiger partial charge in [0.25, 0.3) is 0 Å². The van der Waals surface area contributed by atoms with Crippen LogP contribution in [-0.4, -0.2) is 31.8 Å². The Labute approximate surface area is 102 Å². The van der Waals surface area contributed by atoms with Crippen LogP contribution in [0.25, 0.3) is 0 Å². The molecule has 0 aliphatic carbocycles. The van der Waals surface area contributed by atoms with Crippen LogP contribution in [0.1, 0.15) is 12.0 Å². The van der Waals surface area contributed by atoms with E-state index >= 15 is 0 Å². The SMILES string of the molecule is COCCN(CCC#N)c1ncc(C)cc1N. The molecule has 0 saturated heterocycles. The topological polar surface area (TPSA) is 75.2 Å². The van der Waals surface area contributed by atoms with E-state index in [4.69, 9.17) is 15.7 Å². The molecule has 5 nitrogen and oxygen atoms in total. The summed E-state index contributed by atoms with van der Waals surface area (Å²) in [5.41, 5.74) is 7.60. The van der Waals surface area contributed by atoms with Crippen molar-refractivity contribution in [2.24, 2.45) is 0 Å². The molecule has 0 atom stereocenters. The smallest absolute Gasteiger partial charge is 0.151 e. The van der Waals surface area contributed by atoms with Gasteiger partial charge >= 0.3 is 0 Å². The number of nitrogen functional groups attached to an aromatic ring is 1. The van der Waals surface area contributed by atoms with Crippen LogP contribution in [0.5, 0.6) is 0 Å². The van der Waals surface area contributed by atoms with Crippen molar-refractivity contribution in [1.29, 1.82) is 5.26 Å². The van der Waals surface area contributed by atoms with Crippen LogP contribution in [0, 0.1) is 18.3 Å². The molecule has 0 radical (unpaired) electrons. The summed E-state index contributed by atoms with van der Waals surface area (Å²) in [4.78, 5) is 6.29. The van der Waals surface area contributed by atoms with Crippen molar-refractivity contribution < 1.29 is 4.74 Å². The molecule has 0 unspecified atom stereocenters. The van der Waals surface area contributed by atoms with Crippen LogP contribution in [-0.2, 0) is 4.74 Å².